The van der Waals surface area contributed by atoms with Gasteiger partial charge in [-0.3, -0.25) is 4.79 Å². The maximum Gasteiger partial charge on any atom is 0.399 e. The van der Waals surface area contributed by atoms with Crippen molar-refractivity contribution in [3.63, 3.8) is 0 Å². The molecule has 0 bridgehead atoms. The van der Waals surface area contributed by atoms with E-state index in [2.05, 4.69) is 4.74 Å². The molecule has 1 aliphatic heterocycles. The van der Waals surface area contributed by atoms with Crippen LogP contribution in [0.4, 0.5) is 13.2 Å². The third kappa shape index (κ3) is 4.45. The highest BCUT2D eigenvalue weighted by Gasteiger charge is 2.32. The number of esters is 1. The van der Waals surface area contributed by atoms with Gasteiger partial charge >= 0.3 is 12.1 Å². The van der Waals surface area contributed by atoms with Gasteiger partial charge in [-0.15, -0.1) is 0 Å². The highest BCUT2D eigenvalue weighted by atomic mass is 19.4. The zero-order valence-electron chi connectivity index (χ0n) is 7.47. The first-order chi connectivity index (χ1) is 6.47. The normalized spacial score (nSPS) is 22.4. The van der Waals surface area contributed by atoms with Crippen LogP contribution in [0.3, 0.4) is 0 Å². The Labute approximate surface area is 79.2 Å². The molecule has 0 aromatic carbocycles. The zero-order chi connectivity index (χ0) is 10.6. The number of ether oxygens (including phenoxy) is 2. The third-order valence-electron chi connectivity index (χ3n) is 1.80. The standard InChI is InChI=1S/C8H11F3O3/c9-8(10,11)4-7(12)14-5-6-2-1-3-13-6/h6H,1-5H2. The summed E-state index contributed by atoms with van der Waals surface area (Å²) < 4.78 is 44.5. The van der Waals surface area contributed by atoms with Crippen molar-refractivity contribution in [3.05, 3.63) is 0 Å². The monoisotopic (exact) mass is 212 g/mol. The molecule has 1 unspecified atom stereocenters. The number of hydrogen-bond acceptors (Lipinski definition) is 3. The van der Waals surface area contributed by atoms with Crippen molar-refractivity contribution in [3.8, 4) is 0 Å². The van der Waals surface area contributed by atoms with Gasteiger partial charge in [0.05, 0.1) is 6.10 Å². The van der Waals surface area contributed by atoms with Gasteiger partial charge in [-0.25, -0.2) is 0 Å². The van der Waals surface area contributed by atoms with Crippen LogP contribution in [0.2, 0.25) is 0 Å². The molecule has 1 atom stereocenters. The summed E-state index contributed by atoms with van der Waals surface area (Å²) in [4.78, 5) is 10.6. The second-order valence-electron chi connectivity index (χ2n) is 3.11. The Balaban J connectivity index is 2.14. The van der Waals surface area contributed by atoms with Crippen LogP contribution in [0.1, 0.15) is 19.3 Å². The van der Waals surface area contributed by atoms with E-state index in [-0.39, 0.29) is 12.7 Å². The Morgan fingerprint density at radius 2 is 2.21 bits per heavy atom. The van der Waals surface area contributed by atoms with E-state index in [4.69, 9.17) is 4.74 Å². The van der Waals surface area contributed by atoms with E-state index in [1.165, 1.54) is 0 Å². The maximum absolute atomic E-state index is 11.7. The van der Waals surface area contributed by atoms with E-state index in [9.17, 15) is 18.0 Å². The van der Waals surface area contributed by atoms with Crippen molar-refractivity contribution in [1.29, 1.82) is 0 Å². The number of carbonyl (C=O) groups excluding carboxylic acids is 1. The Hall–Kier alpha value is -0.780. The SMILES string of the molecule is O=C(CC(F)(F)F)OCC1CCCO1. The van der Waals surface area contributed by atoms with E-state index in [0.717, 1.165) is 12.8 Å². The van der Waals surface area contributed by atoms with Crippen LogP contribution in [-0.4, -0.2) is 31.5 Å². The quantitative estimate of drug-likeness (QED) is 0.667. The number of alkyl halides is 3. The van der Waals surface area contributed by atoms with Crippen LogP contribution >= 0.6 is 0 Å². The van der Waals surface area contributed by atoms with Crippen molar-refractivity contribution in [2.45, 2.75) is 31.5 Å². The van der Waals surface area contributed by atoms with Crippen molar-refractivity contribution in [2.24, 2.45) is 0 Å². The van der Waals surface area contributed by atoms with Crippen LogP contribution in [0.15, 0.2) is 0 Å². The molecule has 14 heavy (non-hydrogen) atoms. The fraction of sp³-hybridized carbons (Fsp3) is 0.875. The minimum Gasteiger partial charge on any atom is -0.463 e. The van der Waals surface area contributed by atoms with Crippen molar-refractivity contribution >= 4 is 5.97 Å². The van der Waals surface area contributed by atoms with Crippen LogP contribution in [0.5, 0.6) is 0 Å². The molecule has 1 heterocycles. The molecule has 0 N–H and O–H groups in total. The van der Waals surface area contributed by atoms with E-state index in [0.29, 0.717) is 6.61 Å². The lowest BCUT2D eigenvalue weighted by Crippen LogP contribution is -2.22. The lowest BCUT2D eigenvalue weighted by Gasteiger charge is -2.10. The fourth-order valence-electron chi connectivity index (χ4n) is 1.18. The molecule has 1 rings (SSSR count). The van der Waals surface area contributed by atoms with Gasteiger partial charge in [0.25, 0.3) is 0 Å². The van der Waals surface area contributed by atoms with E-state index in [1.54, 1.807) is 0 Å². The van der Waals surface area contributed by atoms with Gasteiger partial charge in [0.1, 0.15) is 13.0 Å². The van der Waals surface area contributed by atoms with Crippen LogP contribution in [0.25, 0.3) is 0 Å². The second-order valence-corrected chi connectivity index (χ2v) is 3.11. The number of rotatable bonds is 3. The Morgan fingerprint density at radius 3 is 2.71 bits per heavy atom. The summed E-state index contributed by atoms with van der Waals surface area (Å²) in [6.45, 7) is 0.510. The molecule has 0 aromatic heterocycles. The Kier molecular flexibility index (Phi) is 3.74. The Morgan fingerprint density at radius 1 is 1.50 bits per heavy atom. The van der Waals surface area contributed by atoms with Crippen LogP contribution in [-0.2, 0) is 14.3 Å². The average molecular weight is 212 g/mol. The molecule has 3 nitrogen and oxygen atoms in total. The van der Waals surface area contributed by atoms with Crippen molar-refractivity contribution in [1.82, 2.24) is 0 Å². The fourth-order valence-corrected chi connectivity index (χ4v) is 1.18. The summed E-state index contributed by atoms with van der Waals surface area (Å²) >= 11 is 0. The highest BCUT2D eigenvalue weighted by Crippen LogP contribution is 2.20. The van der Waals surface area contributed by atoms with Crippen molar-refractivity contribution < 1.29 is 27.4 Å². The number of carbonyl (C=O) groups is 1. The topological polar surface area (TPSA) is 35.5 Å². The largest absolute Gasteiger partial charge is 0.463 e. The lowest BCUT2D eigenvalue weighted by atomic mass is 10.2. The van der Waals surface area contributed by atoms with Gasteiger partial charge < -0.3 is 9.47 Å². The molecule has 0 aromatic rings. The first-order valence-corrected chi connectivity index (χ1v) is 4.31. The Bertz CT molecular complexity index is 196. The third-order valence-corrected chi connectivity index (χ3v) is 1.80. The first-order valence-electron chi connectivity index (χ1n) is 4.31. The number of hydrogen-bond donors (Lipinski definition) is 0. The van der Waals surface area contributed by atoms with E-state index >= 15 is 0 Å². The van der Waals surface area contributed by atoms with Gasteiger partial charge in [-0.1, -0.05) is 0 Å². The molecule has 1 aliphatic rings. The second kappa shape index (κ2) is 4.63. The van der Waals surface area contributed by atoms with Crippen LogP contribution < -0.4 is 0 Å². The van der Waals surface area contributed by atoms with Gasteiger partial charge in [0.15, 0.2) is 0 Å². The van der Waals surface area contributed by atoms with Crippen molar-refractivity contribution in [2.75, 3.05) is 13.2 Å². The lowest BCUT2D eigenvalue weighted by molar-refractivity contribution is -0.173. The molecule has 0 spiro atoms. The smallest absolute Gasteiger partial charge is 0.399 e. The maximum atomic E-state index is 11.7. The van der Waals surface area contributed by atoms with Gasteiger partial charge in [-0.05, 0) is 12.8 Å². The highest BCUT2D eigenvalue weighted by molar-refractivity contribution is 5.70. The van der Waals surface area contributed by atoms with Gasteiger partial charge in [0.2, 0.25) is 0 Å². The molecule has 6 heteroatoms. The summed E-state index contributed by atoms with van der Waals surface area (Å²) in [6, 6.07) is 0. The first kappa shape index (κ1) is 11.3. The molecule has 0 aliphatic carbocycles. The summed E-state index contributed by atoms with van der Waals surface area (Å²) in [7, 11) is 0. The zero-order valence-corrected chi connectivity index (χ0v) is 7.47. The average Bonchev–Trinajstić information content (AvgIpc) is 2.49. The minimum absolute atomic E-state index is 0.0745. The summed E-state index contributed by atoms with van der Waals surface area (Å²) in [6.07, 6.45) is -4.65. The number of halogens is 3. The summed E-state index contributed by atoms with van der Waals surface area (Å²) in [5, 5.41) is 0. The van der Waals surface area contributed by atoms with Crippen LogP contribution in [0, 0.1) is 0 Å². The molecule has 1 fully saturated rings. The molecule has 1 saturated heterocycles. The molecule has 82 valence electrons. The minimum atomic E-state index is -4.49. The molecule has 0 saturated carbocycles. The molecule has 0 amide bonds. The molecular weight excluding hydrogens is 201 g/mol. The molecular formula is C8H11F3O3. The van der Waals surface area contributed by atoms with Gasteiger partial charge in [0, 0.05) is 6.61 Å². The summed E-state index contributed by atoms with van der Waals surface area (Å²) in [5.74, 6) is -1.24. The molecule has 0 radical (unpaired) electrons. The predicted molar refractivity (Wildman–Crippen MR) is 40.6 cm³/mol. The van der Waals surface area contributed by atoms with Gasteiger partial charge in [-0.2, -0.15) is 13.2 Å². The van der Waals surface area contributed by atoms with E-state index < -0.39 is 18.6 Å². The van der Waals surface area contributed by atoms with E-state index in [1.807, 2.05) is 0 Å². The predicted octanol–water partition coefficient (Wildman–Crippen LogP) is 1.66. The summed E-state index contributed by atoms with van der Waals surface area (Å²) in [5.41, 5.74) is 0.